The number of carboxylic acid groups (broad SMARTS) is 1. The SMILES string of the molecule is O=C(O)NC1CCN(c2nc3ccc(Br)cc3o2)C1. The number of anilines is 1. The smallest absolute Gasteiger partial charge is 0.404 e. The van der Waals surface area contributed by atoms with Gasteiger partial charge < -0.3 is 19.7 Å². The Morgan fingerprint density at radius 3 is 3.21 bits per heavy atom. The lowest BCUT2D eigenvalue weighted by atomic mass is 10.3. The number of nitrogens with zero attached hydrogens (tertiary/aromatic N) is 2. The molecular formula is C12H12BrN3O3. The van der Waals surface area contributed by atoms with Crippen LogP contribution < -0.4 is 10.2 Å². The molecule has 1 aliphatic rings. The normalized spacial score (nSPS) is 19.0. The number of halogens is 1. The third kappa shape index (κ3) is 2.51. The Kier molecular flexibility index (Phi) is 3.06. The Balaban J connectivity index is 1.79. The second kappa shape index (κ2) is 4.73. The summed E-state index contributed by atoms with van der Waals surface area (Å²) in [6.07, 6.45) is -0.234. The van der Waals surface area contributed by atoms with Crippen molar-refractivity contribution in [1.82, 2.24) is 10.3 Å². The number of hydrogen-bond acceptors (Lipinski definition) is 4. The lowest BCUT2D eigenvalue weighted by Gasteiger charge is -2.13. The zero-order valence-corrected chi connectivity index (χ0v) is 11.6. The van der Waals surface area contributed by atoms with Gasteiger partial charge in [-0.05, 0) is 24.6 Å². The molecule has 1 aliphatic heterocycles. The van der Waals surface area contributed by atoms with Crippen molar-refractivity contribution < 1.29 is 14.3 Å². The van der Waals surface area contributed by atoms with E-state index in [1.807, 2.05) is 23.1 Å². The molecule has 1 saturated heterocycles. The Morgan fingerprint density at radius 1 is 1.58 bits per heavy atom. The van der Waals surface area contributed by atoms with Crippen molar-refractivity contribution in [2.24, 2.45) is 0 Å². The van der Waals surface area contributed by atoms with Gasteiger partial charge >= 0.3 is 6.09 Å². The maximum atomic E-state index is 10.6. The van der Waals surface area contributed by atoms with E-state index in [0.717, 1.165) is 28.5 Å². The van der Waals surface area contributed by atoms with Crippen LogP contribution >= 0.6 is 15.9 Å². The first kappa shape index (κ1) is 12.3. The number of nitrogens with one attached hydrogen (secondary N) is 1. The molecule has 1 fully saturated rings. The van der Waals surface area contributed by atoms with Crippen molar-refractivity contribution in [3.8, 4) is 0 Å². The highest BCUT2D eigenvalue weighted by Crippen LogP contribution is 2.26. The number of fused-ring (bicyclic) bond motifs is 1. The van der Waals surface area contributed by atoms with Crippen LogP contribution in [-0.4, -0.2) is 35.3 Å². The van der Waals surface area contributed by atoms with Crippen LogP contribution in [0.3, 0.4) is 0 Å². The number of rotatable bonds is 2. The fraction of sp³-hybridized carbons (Fsp3) is 0.333. The number of carbonyl (C=O) groups is 1. The molecule has 2 heterocycles. The van der Waals surface area contributed by atoms with Crippen molar-refractivity contribution in [1.29, 1.82) is 0 Å². The molecule has 19 heavy (non-hydrogen) atoms. The standard InChI is InChI=1S/C12H12BrN3O3/c13-7-1-2-9-10(5-7)19-11(15-9)16-4-3-8(6-16)14-12(17)18/h1-2,5,8,14H,3-4,6H2,(H,17,18). The first-order valence-electron chi connectivity index (χ1n) is 5.92. The zero-order valence-electron chi connectivity index (χ0n) is 9.97. The largest absolute Gasteiger partial charge is 0.465 e. The van der Waals surface area contributed by atoms with E-state index in [0.29, 0.717) is 12.6 Å². The van der Waals surface area contributed by atoms with Gasteiger partial charge in [0.25, 0.3) is 6.01 Å². The summed E-state index contributed by atoms with van der Waals surface area (Å²) in [6, 6.07) is 6.14. The lowest BCUT2D eigenvalue weighted by molar-refractivity contribution is 0.191. The summed E-state index contributed by atoms with van der Waals surface area (Å²) in [5.74, 6) is 0. The molecule has 1 unspecified atom stereocenters. The molecule has 1 aromatic carbocycles. The van der Waals surface area contributed by atoms with Crippen molar-refractivity contribution in [2.75, 3.05) is 18.0 Å². The van der Waals surface area contributed by atoms with Gasteiger partial charge in [0, 0.05) is 17.6 Å². The van der Waals surface area contributed by atoms with Crippen LogP contribution in [0.4, 0.5) is 10.8 Å². The summed E-state index contributed by atoms with van der Waals surface area (Å²) in [4.78, 5) is 17.0. The van der Waals surface area contributed by atoms with Crippen molar-refractivity contribution >= 4 is 39.1 Å². The first-order chi connectivity index (χ1) is 9.11. The fourth-order valence-electron chi connectivity index (χ4n) is 2.25. The van der Waals surface area contributed by atoms with E-state index in [4.69, 9.17) is 9.52 Å². The molecule has 2 aromatic rings. The van der Waals surface area contributed by atoms with E-state index in [9.17, 15) is 4.79 Å². The second-order valence-corrected chi connectivity index (χ2v) is 5.41. The van der Waals surface area contributed by atoms with Crippen molar-refractivity contribution in [3.63, 3.8) is 0 Å². The molecule has 0 bridgehead atoms. The molecule has 7 heteroatoms. The molecule has 1 aromatic heterocycles. The molecule has 0 saturated carbocycles. The number of aromatic nitrogens is 1. The number of benzene rings is 1. The van der Waals surface area contributed by atoms with Gasteiger partial charge in [-0.1, -0.05) is 15.9 Å². The molecule has 2 N–H and O–H groups in total. The van der Waals surface area contributed by atoms with Crippen LogP contribution in [0.5, 0.6) is 0 Å². The minimum atomic E-state index is -0.992. The molecule has 0 aliphatic carbocycles. The highest BCUT2D eigenvalue weighted by Gasteiger charge is 2.26. The molecule has 3 rings (SSSR count). The van der Waals surface area contributed by atoms with Crippen LogP contribution in [0, 0.1) is 0 Å². The molecular weight excluding hydrogens is 314 g/mol. The monoisotopic (exact) mass is 325 g/mol. The van der Waals surface area contributed by atoms with E-state index < -0.39 is 6.09 Å². The number of oxazole rings is 1. The number of amides is 1. The van der Waals surface area contributed by atoms with Crippen LogP contribution in [-0.2, 0) is 0 Å². The van der Waals surface area contributed by atoms with Crippen LogP contribution in [0.1, 0.15) is 6.42 Å². The second-order valence-electron chi connectivity index (χ2n) is 4.49. The maximum Gasteiger partial charge on any atom is 0.404 e. The van der Waals surface area contributed by atoms with Gasteiger partial charge in [-0.2, -0.15) is 4.98 Å². The van der Waals surface area contributed by atoms with Crippen LogP contribution in [0.15, 0.2) is 27.1 Å². The van der Waals surface area contributed by atoms with Gasteiger partial charge in [0.15, 0.2) is 5.58 Å². The summed E-state index contributed by atoms with van der Waals surface area (Å²) in [7, 11) is 0. The van der Waals surface area contributed by atoms with E-state index in [-0.39, 0.29) is 6.04 Å². The van der Waals surface area contributed by atoms with E-state index in [2.05, 4.69) is 26.2 Å². The quantitative estimate of drug-likeness (QED) is 0.886. The molecule has 1 amide bonds. The van der Waals surface area contributed by atoms with Crippen molar-refractivity contribution in [2.45, 2.75) is 12.5 Å². The van der Waals surface area contributed by atoms with Gasteiger partial charge in [-0.25, -0.2) is 4.79 Å². The van der Waals surface area contributed by atoms with Crippen molar-refractivity contribution in [3.05, 3.63) is 22.7 Å². The molecule has 1 atom stereocenters. The fourth-order valence-corrected chi connectivity index (χ4v) is 2.59. The average molecular weight is 326 g/mol. The van der Waals surface area contributed by atoms with Gasteiger partial charge in [0.2, 0.25) is 0 Å². The molecule has 6 nitrogen and oxygen atoms in total. The molecule has 0 spiro atoms. The van der Waals surface area contributed by atoms with Gasteiger partial charge in [-0.3, -0.25) is 0 Å². The van der Waals surface area contributed by atoms with Gasteiger partial charge in [0.05, 0.1) is 6.04 Å². The topological polar surface area (TPSA) is 78.6 Å². The van der Waals surface area contributed by atoms with E-state index in [1.165, 1.54) is 0 Å². The van der Waals surface area contributed by atoms with E-state index >= 15 is 0 Å². The predicted molar refractivity (Wildman–Crippen MR) is 73.5 cm³/mol. The summed E-state index contributed by atoms with van der Waals surface area (Å²) in [6.45, 7) is 1.32. The van der Waals surface area contributed by atoms with E-state index in [1.54, 1.807) is 0 Å². The molecule has 0 radical (unpaired) electrons. The molecule has 100 valence electrons. The number of hydrogen-bond donors (Lipinski definition) is 2. The van der Waals surface area contributed by atoms with Gasteiger partial charge in [-0.15, -0.1) is 0 Å². The Morgan fingerprint density at radius 2 is 2.42 bits per heavy atom. The summed E-state index contributed by atoms with van der Waals surface area (Å²) in [5.41, 5.74) is 1.52. The predicted octanol–water partition coefficient (Wildman–Crippen LogP) is 2.44. The third-order valence-corrected chi connectivity index (χ3v) is 3.62. The Labute approximate surface area is 117 Å². The Hall–Kier alpha value is -1.76. The first-order valence-corrected chi connectivity index (χ1v) is 6.71. The third-order valence-electron chi connectivity index (χ3n) is 3.13. The zero-order chi connectivity index (χ0) is 13.4. The minimum absolute atomic E-state index is 0.0701. The lowest BCUT2D eigenvalue weighted by Crippen LogP contribution is -2.36. The van der Waals surface area contributed by atoms with Crippen LogP contribution in [0.2, 0.25) is 0 Å². The highest BCUT2D eigenvalue weighted by molar-refractivity contribution is 9.10. The van der Waals surface area contributed by atoms with Crippen LogP contribution in [0.25, 0.3) is 11.1 Å². The summed E-state index contributed by atoms with van der Waals surface area (Å²) >= 11 is 3.39. The average Bonchev–Trinajstić information content (AvgIpc) is 2.93. The minimum Gasteiger partial charge on any atom is -0.465 e. The summed E-state index contributed by atoms with van der Waals surface area (Å²) < 4.78 is 6.64. The Bertz CT molecular complexity index is 628. The van der Waals surface area contributed by atoms with Gasteiger partial charge in [0.1, 0.15) is 5.52 Å². The summed E-state index contributed by atoms with van der Waals surface area (Å²) in [5, 5.41) is 11.2. The highest BCUT2D eigenvalue weighted by atomic mass is 79.9. The maximum absolute atomic E-state index is 10.6.